The molecule has 2 unspecified atom stereocenters. The molecule has 1 fully saturated rings. The molecule has 0 aliphatic carbocycles. The van der Waals surface area contributed by atoms with Gasteiger partial charge in [-0.25, -0.2) is 0 Å². The number of hydrogen-bond acceptors (Lipinski definition) is 3. The van der Waals surface area contributed by atoms with Crippen LogP contribution in [0.25, 0.3) is 0 Å². The SMILES string of the molecule is COc1cccc(C(N)C2CC(C)(C)OC2(C)C)c1. The molecule has 2 atom stereocenters. The largest absolute Gasteiger partial charge is 0.497 e. The Kier molecular flexibility index (Phi) is 3.63. The van der Waals surface area contributed by atoms with Gasteiger partial charge in [-0.3, -0.25) is 0 Å². The third-order valence-electron chi connectivity index (χ3n) is 4.06. The van der Waals surface area contributed by atoms with E-state index >= 15 is 0 Å². The monoisotopic (exact) mass is 263 g/mol. The Morgan fingerprint density at radius 3 is 2.53 bits per heavy atom. The predicted molar refractivity (Wildman–Crippen MR) is 77.3 cm³/mol. The molecule has 3 heteroatoms. The van der Waals surface area contributed by atoms with Crippen LogP contribution in [0.1, 0.15) is 45.7 Å². The number of hydrogen-bond donors (Lipinski definition) is 1. The average Bonchev–Trinajstić information content (AvgIpc) is 2.56. The van der Waals surface area contributed by atoms with E-state index in [0.29, 0.717) is 5.92 Å². The van der Waals surface area contributed by atoms with Crippen LogP contribution < -0.4 is 10.5 Å². The fourth-order valence-electron chi connectivity index (χ4n) is 3.25. The summed E-state index contributed by atoms with van der Waals surface area (Å²) in [6, 6.07) is 7.98. The molecule has 0 radical (unpaired) electrons. The summed E-state index contributed by atoms with van der Waals surface area (Å²) in [5.74, 6) is 1.15. The highest BCUT2D eigenvalue weighted by atomic mass is 16.5. The Hall–Kier alpha value is -1.06. The molecule has 0 bridgehead atoms. The van der Waals surface area contributed by atoms with E-state index in [0.717, 1.165) is 17.7 Å². The first-order valence-electron chi connectivity index (χ1n) is 6.85. The number of methoxy groups -OCH3 is 1. The second kappa shape index (κ2) is 4.80. The molecule has 0 aromatic heterocycles. The van der Waals surface area contributed by atoms with Crippen LogP contribution in [0.5, 0.6) is 5.75 Å². The molecule has 106 valence electrons. The zero-order chi connectivity index (χ0) is 14.3. The highest BCUT2D eigenvalue weighted by Gasteiger charge is 2.48. The molecule has 1 aromatic carbocycles. The van der Waals surface area contributed by atoms with Crippen LogP contribution >= 0.6 is 0 Å². The molecule has 3 nitrogen and oxygen atoms in total. The van der Waals surface area contributed by atoms with E-state index in [1.54, 1.807) is 7.11 Å². The summed E-state index contributed by atoms with van der Waals surface area (Å²) in [6.07, 6.45) is 0.971. The second-order valence-electron chi connectivity index (χ2n) is 6.58. The van der Waals surface area contributed by atoms with E-state index in [1.165, 1.54) is 0 Å². The zero-order valence-electron chi connectivity index (χ0n) is 12.6. The highest BCUT2D eigenvalue weighted by Crippen LogP contribution is 2.47. The van der Waals surface area contributed by atoms with Gasteiger partial charge < -0.3 is 15.2 Å². The molecule has 1 saturated heterocycles. The summed E-state index contributed by atoms with van der Waals surface area (Å²) >= 11 is 0. The average molecular weight is 263 g/mol. The van der Waals surface area contributed by atoms with Crippen LogP contribution in [0.2, 0.25) is 0 Å². The van der Waals surface area contributed by atoms with Gasteiger partial charge in [-0.1, -0.05) is 12.1 Å². The second-order valence-corrected chi connectivity index (χ2v) is 6.58. The first-order valence-corrected chi connectivity index (χ1v) is 6.85. The van der Waals surface area contributed by atoms with Crippen molar-refractivity contribution in [3.63, 3.8) is 0 Å². The van der Waals surface area contributed by atoms with Gasteiger partial charge in [-0.2, -0.15) is 0 Å². The fraction of sp³-hybridized carbons (Fsp3) is 0.625. The molecule has 1 aliphatic heterocycles. The Morgan fingerprint density at radius 1 is 1.32 bits per heavy atom. The van der Waals surface area contributed by atoms with Gasteiger partial charge in [0.1, 0.15) is 5.75 Å². The third kappa shape index (κ3) is 2.93. The summed E-state index contributed by atoms with van der Waals surface area (Å²) in [6.45, 7) is 8.53. The van der Waals surface area contributed by atoms with Crippen LogP contribution in [0, 0.1) is 5.92 Å². The normalized spacial score (nSPS) is 26.1. The maximum atomic E-state index is 6.49. The summed E-state index contributed by atoms with van der Waals surface area (Å²) in [7, 11) is 1.68. The fourth-order valence-corrected chi connectivity index (χ4v) is 3.25. The molecule has 1 heterocycles. The van der Waals surface area contributed by atoms with Crippen LogP contribution in [0.15, 0.2) is 24.3 Å². The number of rotatable bonds is 3. The van der Waals surface area contributed by atoms with Crippen molar-refractivity contribution in [3.05, 3.63) is 29.8 Å². The molecule has 2 rings (SSSR count). The molecule has 0 spiro atoms. The number of ether oxygens (including phenoxy) is 2. The molecular formula is C16H25NO2. The van der Waals surface area contributed by atoms with Gasteiger partial charge in [0.15, 0.2) is 0 Å². The minimum absolute atomic E-state index is 0.0353. The van der Waals surface area contributed by atoms with Gasteiger partial charge in [0, 0.05) is 12.0 Å². The van der Waals surface area contributed by atoms with Crippen LogP contribution in [0.3, 0.4) is 0 Å². The van der Waals surface area contributed by atoms with E-state index in [1.807, 2.05) is 18.2 Å². The molecule has 0 saturated carbocycles. The van der Waals surface area contributed by atoms with Gasteiger partial charge in [0.05, 0.1) is 18.3 Å². The van der Waals surface area contributed by atoms with E-state index in [-0.39, 0.29) is 17.2 Å². The van der Waals surface area contributed by atoms with Gasteiger partial charge >= 0.3 is 0 Å². The molecule has 1 aromatic rings. The standard InChI is InChI=1S/C16H25NO2/c1-15(2)10-13(16(3,4)19-15)14(17)11-7-6-8-12(9-11)18-5/h6-9,13-14H,10,17H2,1-5H3. The Labute approximate surface area is 116 Å². The highest BCUT2D eigenvalue weighted by molar-refractivity contribution is 5.31. The topological polar surface area (TPSA) is 44.5 Å². The van der Waals surface area contributed by atoms with Crippen LogP contribution in [0.4, 0.5) is 0 Å². The molecule has 0 amide bonds. The van der Waals surface area contributed by atoms with Crippen molar-refractivity contribution in [2.75, 3.05) is 7.11 Å². The van der Waals surface area contributed by atoms with Crippen molar-refractivity contribution in [3.8, 4) is 5.75 Å². The van der Waals surface area contributed by atoms with Gasteiger partial charge in [0.2, 0.25) is 0 Å². The summed E-state index contributed by atoms with van der Waals surface area (Å²) < 4.78 is 11.4. The third-order valence-corrected chi connectivity index (χ3v) is 4.06. The van der Waals surface area contributed by atoms with Crippen LogP contribution in [-0.4, -0.2) is 18.3 Å². The lowest BCUT2D eigenvalue weighted by Gasteiger charge is -2.31. The summed E-state index contributed by atoms with van der Waals surface area (Å²) in [5, 5.41) is 0. The van der Waals surface area contributed by atoms with E-state index in [4.69, 9.17) is 15.2 Å². The molecular weight excluding hydrogens is 238 g/mol. The van der Waals surface area contributed by atoms with Gasteiger partial charge in [-0.05, 0) is 51.8 Å². The maximum Gasteiger partial charge on any atom is 0.119 e. The van der Waals surface area contributed by atoms with E-state index in [2.05, 4.69) is 33.8 Å². The first-order chi connectivity index (χ1) is 8.75. The predicted octanol–water partition coefficient (Wildman–Crippen LogP) is 3.29. The zero-order valence-corrected chi connectivity index (χ0v) is 12.6. The smallest absolute Gasteiger partial charge is 0.119 e. The quantitative estimate of drug-likeness (QED) is 0.910. The lowest BCUT2D eigenvalue weighted by atomic mass is 9.79. The van der Waals surface area contributed by atoms with Gasteiger partial charge in [-0.15, -0.1) is 0 Å². The minimum atomic E-state index is -0.202. The Bertz CT molecular complexity index is 454. The van der Waals surface area contributed by atoms with Crippen molar-refractivity contribution in [1.29, 1.82) is 0 Å². The first kappa shape index (κ1) is 14.4. The van der Waals surface area contributed by atoms with E-state index in [9.17, 15) is 0 Å². The van der Waals surface area contributed by atoms with Crippen molar-refractivity contribution in [2.24, 2.45) is 11.7 Å². The van der Waals surface area contributed by atoms with E-state index < -0.39 is 0 Å². The van der Waals surface area contributed by atoms with Crippen molar-refractivity contribution < 1.29 is 9.47 Å². The van der Waals surface area contributed by atoms with Crippen molar-refractivity contribution >= 4 is 0 Å². The minimum Gasteiger partial charge on any atom is -0.497 e. The van der Waals surface area contributed by atoms with Crippen molar-refractivity contribution in [1.82, 2.24) is 0 Å². The van der Waals surface area contributed by atoms with Gasteiger partial charge in [0.25, 0.3) is 0 Å². The lowest BCUT2D eigenvalue weighted by molar-refractivity contribution is -0.0767. The maximum absolute atomic E-state index is 6.49. The summed E-state index contributed by atoms with van der Waals surface area (Å²) in [4.78, 5) is 0. The van der Waals surface area contributed by atoms with Crippen molar-refractivity contribution in [2.45, 2.75) is 51.4 Å². The molecule has 19 heavy (non-hydrogen) atoms. The number of benzene rings is 1. The van der Waals surface area contributed by atoms with Crippen LogP contribution in [-0.2, 0) is 4.74 Å². The summed E-state index contributed by atoms with van der Waals surface area (Å²) in [5.41, 5.74) is 7.29. The molecule has 1 aliphatic rings. The number of nitrogens with two attached hydrogens (primary N) is 1. The lowest BCUT2D eigenvalue weighted by Crippen LogP contribution is -2.35. The Balaban J connectivity index is 2.26. The Morgan fingerprint density at radius 2 is 2.00 bits per heavy atom. The molecule has 2 N–H and O–H groups in total.